The smallest absolute Gasteiger partial charge is 0.214 e. The predicted molar refractivity (Wildman–Crippen MR) is 82.7 cm³/mol. The van der Waals surface area contributed by atoms with Gasteiger partial charge in [0.2, 0.25) is 10.0 Å². The SMILES string of the molecule is CCCS(=O)(=O)N1CCC(S(=O)(=O)c2ccc(Cl)cc2)C1. The molecule has 1 aromatic carbocycles. The van der Waals surface area contributed by atoms with Gasteiger partial charge in [0.05, 0.1) is 15.9 Å². The summed E-state index contributed by atoms with van der Waals surface area (Å²) in [6, 6.07) is 5.96. The molecule has 1 saturated heterocycles. The lowest BCUT2D eigenvalue weighted by Crippen LogP contribution is -2.33. The minimum absolute atomic E-state index is 0.0350. The molecule has 0 aromatic heterocycles. The average molecular weight is 352 g/mol. The first kappa shape index (κ1) is 16.7. The maximum atomic E-state index is 12.5. The highest BCUT2D eigenvalue weighted by Gasteiger charge is 2.38. The van der Waals surface area contributed by atoms with Gasteiger partial charge < -0.3 is 0 Å². The van der Waals surface area contributed by atoms with E-state index in [0.717, 1.165) is 0 Å². The summed E-state index contributed by atoms with van der Waals surface area (Å²) in [6.07, 6.45) is 0.849. The molecule has 1 unspecified atom stereocenters. The second-order valence-corrected chi connectivity index (χ2v) is 9.84. The molecular weight excluding hydrogens is 334 g/mol. The fourth-order valence-corrected chi connectivity index (χ4v) is 5.88. The van der Waals surface area contributed by atoms with Crippen molar-refractivity contribution in [3.8, 4) is 0 Å². The zero-order chi connectivity index (χ0) is 15.7. The monoisotopic (exact) mass is 351 g/mol. The number of sulfone groups is 1. The summed E-state index contributed by atoms with van der Waals surface area (Å²) in [5, 5.41) is -0.224. The van der Waals surface area contributed by atoms with Gasteiger partial charge in [-0.1, -0.05) is 18.5 Å². The van der Waals surface area contributed by atoms with Gasteiger partial charge in [0.15, 0.2) is 9.84 Å². The summed E-state index contributed by atoms with van der Waals surface area (Å²) in [5.41, 5.74) is 0. The highest BCUT2D eigenvalue weighted by molar-refractivity contribution is 7.92. The van der Waals surface area contributed by atoms with E-state index in [9.17, 15) is 16.8 Å². The molecule has 1 aliphatic rings. The van der Waals surface area contributed by atoms with E-state index in [1.807, 2.05) is 0 Å². The third-order valence-electron chi connectivity index (χ3n) is 3.54. The minimum atomic E-state index is -3.53. The number of benzene rings is 1. The van der Waals surface area contributed by atoms with Crippen molar-refractivity contribution in [1.29, 1.82) is 0 Å². The number of nitrogens with zero attached hydrogens (tertiary/aromatic N) is 1. The number of hydrogen-bond donors (Lipinski definition) is 0. The Labute approximate surface area is 130 Å². The van der Waals surface area contributed by atoms with Gasteiger partial charge >= 0.3 is 0 Å². The van der Waals surface area contributed by atoms with E-state index < -0.39 is 25.1 Å². The van der Waals surface area contributed by atoms with E-state index in [2.05, 4.69) is 0 Å². The van der Waals surface area contributed by atoms with Crippen molar-refractivity contribution in [1.82, 2.24) is 4.31 Å². The molecule has 21 heavy (non-hydrogen) atoms. The Morgan fingerprint density at radius 2 is 1.81 bits per heavy atom. The quantitative estimate of drug-likeness (QED) is 0.812. The van der Waals surface area contributed by atoms with Gasteiger partial charge in [-0.25, -0.2) is 21.1 Å². The van der Waals surface area contributed by atoms with Crippen LogP contribution in [0.1, 0.15) is 19.8 Å². The fourth-order valence-electron chi connectivity index (χ4n) is 2.41. The third kappa shape index (κ3) is 3.59. The largest absolute Gasteiger partial charge is 0.223 e. The van der Waals surface area contributed by atoms with Crippen LogP contribution in [0.2, 0.25) is 5.02 Å². The Morgan fingerprint density at radius 1 is 1.19 bits per heavy atom. The molecule has 0 radical (unpaired) electrons. The van der Waals surface area contributed by atoms with Gasteiger partial charge in [-0.2, -0.15) is 0 Å². The second-order valence-electron chi connectivity index (χ2n) is 5.08. The van der Waals surface area contributed by atoms with E-state index in [1.54, 1.807) is 6.92 Å². The van der Waals surface area contributed by atoms with Crippen LogP contribution in [-0.2, 0) is 19.9 Å². The van der Waals surface area contributed by atoms with Gasteiger partial charge in [-0.15, -0.1) is 0 Å². The fraction of sp³-hybridized carbons (Fsp3) is 0.538. The Bertz CT molecular complexity index is 698. The van der Waals surface area contributed by atoms with Gasteiger partial charge in [0.1, 0.15) is 0 Å². The standard InChI is InChI=1S/C13H18ClNO4S2/c1-2-9-20(16,17)15-8-7-13(10-15)21(18,19)12-5-3-11(14)4-6-12/h3-6,13H,2,7-10H2,1H3. The molecule has 0 spiro atoms. The summed E-state index contributed by atoms with van der Waals surface area (Å²) in [6.45, 7) is 2.09. The van der Waals surface area contributed by atoms with Crippen LogP contribution in [0, 0.1) is 0 Å². The molecule has 0 N–H and O–H groups in total. The highest BCUT2D eigenvalue weighted by Crippen LogP contribution is 2.26. The average Bonchev–Trinajstić information content (AvgIpc) is 2.90. The van der Waals surface area contributed by atoms with Gasteiger partial charge in [-0.05, 0) is 37.1 Å². The molecule has 8 heteroatoms. The van der Waals surface area contributed by atoms with Gasteiger partial charge in [0, 0.05) is 18.1 Å². The molecule has 1 aliphatic heterocycles. The van der Waals surface area contributed by atoms with Crippen molar-refractivity contribution < 1.29 is 16.8 Å². The van der Waals surface area contributed by atoms with Crippen molar-refractivity contribution in [2.45, 2.75) is 29.9 Å². The molecule has 0 saturated carbocycles. The lowest BCUT2D eigenvalue weighted by molar-refractivity contribution is 0.476. The van der Waals surface area contributed by atoms with Crippen molar-refractivity contribution in [2.24, 2.45) is 0 Å². The summed E-state index contributed by atoms with van der Waals surface area (Å²) >= 11 is 5.76. The minimum Gasteiger partial charge on any atom is -0.223 e. The molecule has 1 aromatic rings. The molecule has 0 bridgehead atoms. The summed E-state index contributed by atoms with van der Waals surface area (Å²) in [7, 11) is -6.87. The van der Waals surface area contributed by atoms with E-state index in [0.29, 0.717) is 17.9 Å². The van der Waals surface area contributed by atoms with E-state index in [-0.39, 0.29) is 23.7 Å². The zero-order valence-electron chi connectivity index (χ0n) is 11.7. The zero-order valence-corrected chi connectivity index (χ0v) is 14.1. The summed E-state index contributed by atoms with van der Waals surface area (Å²) in [5.74, 6) is 0.0563. The van der Waals surface area contributed by atoms with Crippen LogP contribution in [-0.4, -0.2) is 45.2 Å². The van der Waals surface area contributed by atoms with Crippen LogP contribution in [0.5, 0.6) is 0 Å². The van der Waals surface area contributed by atoms with Crippen molar-refractivity contribution in [3.05, 3.63) is 29.3 Å². The van der Waals surface area contributed by atoms with Crippen LogP contribution in [0.15, 0.2) is 29.2 Å². The first-order chi connectivity index (χ1) is 9.77. The van der Waals surface area contributed by atoms with Crippen molar-refractivity contribution >= 4 is 31.5 Å². The Hall–Kier alpha value is -0.630. The number of halogens is 1. The lowest BCUT2D eigenvalue weighted by atomic mass is 10.4. The first-order valence-electron chi connectivity index (χ1n) is 6.74. The van der Waals surface area contributed by atoms with Crippen LogP contribution in [0.25, 0.3) is 0 Å². The molecule has 2 rings (SSSR count). The van der Waals surface area contributed by atoms with E-state index in [1.165, 1.54) is 28.6 Å². The van der Waals surface area contributed by atoms with E-state index in [4.69, 9.17) is 11.6 Å². The molecule has 1 fully saturated rings. The Kier molecular flexibility index (Phi) is 4.97. The summed E-state index contributed by atoms with van der Waals surface area (Å²) < 4.78 is 50.3. The summed E-state index contributed by atoms with van der Waals surface area (Å²) in [4.78, 5) is 0.187. The predicted octanol–water partition coefficient (Wildman–Crippen LogP) is 1.93. The third-order valence-corrected chi connectivity index (χ3v) is 8.03. The number of hydrogen-bond acceptors (Lipinski definition) is 4. The maximum absolute atomic E-state index is 12.5. The number of rotatable bonds is 5. The molecule has 1 atom stereocenters. The van der Waals surface area contributed by atoms with Gasteiger partial charge in [-0.3, -0.25) is 0 Å². The van der Waals surface area contributed by atoms with Crippen LogP contribution in [0.4, 0.5) is 0 Å². The van der Waals surface area contributed by atoms with E-state index >= 15 is 0 Å². The molecule has 0 aliphatic carbocycles. The Balaban J connectivity index is 2.19. The molecule has 5 nitrogen and oxygen atoms in total. The van der Waals surface area contributed by atoms with Crippen LogP contribution < -0.4 is 0 Å². The Morgan fingerprint density at radius 3 is 2.38 bits per heavy atom. The molecule has 0 amide bonds. The highest BCUT2D eigenvalue weighted by atomic mass is 35.5. The van der Waals surface area contributed by atoms with Crippen LogP contribution in [0.3, 0.4) is 0 Å². The lowest BCUT2D eigenvalue weighted by Gasteiger charge is -2.16. The molecule has 1 heterocycles. The van der Waals surface area contributed by atoms with Gasteiger partial charge in [0.25, 0.3) is 0 Å². The normalized spacial score (nSPS) is 20.8. The van der Waals surface area contributed by atoms with Crippen molar-refractivity contribution in [2.75, 3.05) is 18.8 Å². The van der Waals surface area contributed by atoms with Crippen molar-refractivity contribution in [3.63, 3.8) is 0 Å². The molecular formula is C13H18ClNO4S2. The molecule has 118 valence electrons. The maximum Gasteiger partial charge on any atom is 0.214 e. The number of sulfonamides is 1. The first-order valence-corrected chi connectivity index (χ1v) is 10.3. The van der Waals surface area contributed by atoms with Crippen LogP contribution >= 0.6 is 11.6 Å². The second kappa shape index (κ2) is 6.24. The topological polar surface area (TPSA) is 71.5 Å².